The maximum atomic E-state index is 13.7. The first kappa shape index (κ1) is 15.3. The van der Waals surface area contributed by atoms with Crippen LogP contribution in [0.1, 0.15) is 19.8 Å². The Hall–Kier alpha value is -1.05. The van der Waals surface area contributed by atoms with Crippen LogP contribution in [0.4, 0.5) is 8.78 Å². The molecule has 0 radical (unpaired) electrons. The second kappa shape index (κ2) is 5.75. The third kappa shape index (κ3) is 2.70. The number of aliphatic hydroxyl groups excluding tert-OH is 1. The molecule has 0 bridgehead atoms. The molecule has 1 fully saturated rings. The Morgan fingerprint density at radius 2 is 2.10 bits per heavy atom. The maximum absolute atomic E-state index is 13.7. The summed E-state index contributed by atoms with van der Waals surface area (Å²) in [7, 11) is -4.07. The van der Waals surface area contributed by atoms with Crippen molar-refractivity contribution < 1.29 is 22.3 Å². The minimum Gasteiger partial charge on any atom is -0.395 e. The van der Waals surface area contributed by atoms with Gasteiger partial charge in [0.15, 0.2) is 0 Å². The van der Waals surface area contributed by atoms with Crippen LogP contribution >= 0.6 is 0 Å². The van der Waals surface area contributed by atoms with Crippen molar-refractivity contribution in [3.63, 3.8) is 0 Å². The number of sulfonamides is 1. The van der Waals surface area contributed by atoms with Gasteiger partial charge in [-0.2, -0.15) is 4.31 Å². The fourth-order valence-electron chi connectivity index (χ4n) is 2.59. The first-order valence-electron chi connectivity index (χ1n) is 6.45. The van der Waals surface area contributed by atoms with Gasteiger partial charge in [-0.15, -0.1) is 0 Å². The molecule has 20 heavy (non-hydrogen) atoms. The summed E-state index contributed by atoms with van der Waals surface area (Å²) in [5, 5.41) is 9.40. The average molecular weight is 305 g/mol. The summed E-state index contributed by atoms with van der Waals surface area (Å²) >= 11 is 0. The Balaban J connectivity index is 2.43. The van der Waals surface area contributed by atoms with Gasteiger partial charge in [0.25, 0.3) is 0 Å². The van der Waals surface area contributed by atoms with Crippen LogP contribution in [0, 0.1) is 17.6 Å². The summed E-state index contributed by atoms with van der Waals surface area (Å²) in [5.41, 5.74) is 0. The van der Waals surface area contributed by atoms with E-state index in [0.29, 0.717) is 12.5 Å². The van der Waals surface area contributed by atoms with Crippen LogP contribution < -0.4 is 0 Å². The monoisotopic (exact) mass is 305 g/mol. The molecule has 0 spiro atoms. The number of aliphatic hydroxyl groups is 1. The van der Waals surface area contributed by atoms with E-state index in [1.807, 2.05) is 6.92 Å². The molecule has 1 aliphatic heterocycles. The molecule has 0 aliphatic carbocycles. The van der Waals surface area contributed by atoms with E-state index in [1.54, 1.807) is 0 Å². The zero-order valence-corrected chi connectivity index (χ0v) is 11.9. The van der Waals surface area contributed by atoms with Gasteiger partial charge in [0.05, 0.1) is 12.6 Å². The Morgan fingerprint density at radius 1 is 1.40 bits per heavy atom. The molecule has 1 N–H and O–H groups in total. The number of halogens is 2. The minimum absolute atomic E-state index is 0.00738. The zero-order chi connectivity index (χ0) is 14.9. The van der Waals surface area contributed by atoms with Crippen molar-refractivity contribution in [2.75, 3.05) is 13.2 Å². The molecule has 1 aromatic rings. The van der Waals surface area contributed by atoms with Crippen molar-refractivity contribution >= 4 is 10.0 Å². The van der Waals surface area contributed by atoms with Gasteiger partial charge in [0.1, 0.15) is 16.5 Å². The van der Waals surface area contributed by atoms with E-state index in [1.165, 1.54) is 0 Å². The molecular formula is C13H17F2NO3S. The molecule has 2 atom stereocenters. The van der Waals surface area contributed by atoms with Crippen LogP contribution in [0.5, 0.6) is 0 Å². The Labute approximate surface area is 117 Å². The second-order valence-electron chi connectivity index (χ2n) is 5.06. The van der Waals surface area contributed by atoms with Crippen molar-refractivity contribution in [1.29, 1.82) is 0 Å². The Morgan fingerprint density at radius 3 is 2.70 bits per heavy atom. The van der Waals surface area contributed by atoms with Gasteiger partial charge < -0.3 is 5.11 Å². The van der Waals surface area contributed by atoms with Gasteiger partial charge in [-0.3, -0.25) is 0 Å². The normalized spacial score (nSPS) is 24.8. The van der Waals surface area contributed by atoms with Crippen LogP contribution in [-0.2, 0) is 10.0 Å². The lowest BCUT2D eigenvalue weighted by molar-refractivity contribution is 0.113. The molecule has 0 amide bonds. The first-order chi connectivity index (χ1) is 9.37. The van der Waals surface area contributed by atoms with Crippen molar-refractivity contribution in [2.45, 2.75) is 30.7 Å². The molecule has 2 unspecified atom stereocenters. The fraction of sp³-hybridized carbons (Fsp3) is 0.538. The SMILES string of the molecule is CC1CCCN(S(=O)(=O)c2ccc(F)cc2F)C1CO. The molecule has 1 saturated heterocycles. The number of nitrogens with zero attached hydrogens (tertiary/aromatic N) is 1. The van der Waals surface area contributed by atoms with Crippen LogP contribution in [0.25, 0.3) is 0 Å². The average Bonchev–Trinajstić information content (AvgIpc) is 2.37. The van der Waals surface area contributed by atoms with Crippen LogP contribution in [0.15, 0.2) is 23.1 Å². The van der Waals surface area contributed by atoms with Gasteiger partial charge in [0, 0.05) is 12.6 Å². The van der Waals surface area contributed by atoms with E-state index < -0.39 is 32.6 Å². The van der Waals surface area contributed by atoms with E-state index in [-0.39, 0.29) is 19.1 Å². The minimum atomic E-state index is -4.07. The molecule has 1 aliphatic rings. The van der Waals surface area contributed by atoms with Crippen molar-refractivity contribution in [2.24, 2.45) is 5.92 Å². The van der Waals surface area contributed by atoms with Crippen LogP contribution in [0.3, 0.4) is 0 Å². The van der Waals surface area contributed by atoms with Crippen molar-refractivity contribution in [3.05, 3.63) is 29.8 Å². The topological polar surface area (TPSA) is 57.6 Å². The van der Waals surface area contributed by atoms with E-state index in [0.717, 1.165) is 22.9 Å². The highest BCUT2D eigenvalue weighted by Gasteiger charge is 2.38. The summed E-state index contributed by atoms with van der Waals surface area (Å²) in [6.07, 6.45) is 1.46. The van der Waals surface area contributed by atoms with Gasteiger partial charge in [-0.1, -0.05) is 6.92 Å². The molecule has 0 saturated carbocycles. The summed E-state index contributed by atoms with van der Waals surface area (Å²) in [5.74, 6) is -1.95. The van der Waals surface area contributed by atoms with Gasteiger partial charge >= 0.3 is 0 Å². The van der Waals surface area contributed by atoms with E-state index >= 15 is 0 Å². The third-order valence-corrected chi connectivity index (χ3v) is 5.69. The smallest absolute Gasteiger partial charge is 0.246 e. The number of piperidine rings is 1. The molecule has 0 aromatic heterocycles. The van der Waals surface area contributed by atoms with Crippen LogP contribution in [0.2, 0.25) is 0 Å². The third-order valence-electron chi connectivity index (χ3n) is 3.73. The summed E-state index contributed by atoms with van der Waals surface area (Å²) < 4.78 is 52.7. The Kier molecular flexibility index (Phi) is 4.41. The highest BCUT2D eigenvalue weighted by molar-refractivity contribution is 7.89. The zero-order valence-electron chi connectivity index (χ0n) is 11.1. The predicted molar refractivity (Wildman–Crippen MR) is 69.5 cm³/mol. The van der Waals surface area contributed by atoms with E-state index in [2.05, 4.69) is 0 Å². The Bertz CT molecular complexity index is 591. The lowest BCUT2D eigenvalue weighted by atomic mass is 9.93. The first-order valence-corrected chi connectivity index (χ1v) is 7.89. The standard InChI is InChI=1S/C13H17F2NO3S/c1-9-3-2-6-16(12(9)8-17)20(18,19)13-5-4-10(14)7-11(13)15/h4-5,7,9,12,17H,2-3,6,8H2,1H3. The predicted octanol–water partition coefficient (Wildman–Crippen LogP) is 1.75. The maximum Gasteiger partial charge on any atom is 0.246 e. The lowest BCUT2D eigenvalue weighted by Gasteiger charge is -2.37. The van der Waals surface area contributed by atoms with Crippen LogP contribution in [-0.4, -0.2) is 37.0 Å². The molecule has 4 nitrogen and oxygen atoms in total. The molecule has 1 aromatic carbocycles. The fourth-order valence-corrected chi connectivity index (χ4v) is 4.39. The highest BCUT2D eigenvalue weighted by Crippen LogP contribution is 2.30. The van der Waals surface area contributed by atoms with Crippen molar-refractivity contribution in [1.82, 2.24) is 4.31 Å². The van der Waals surface area contributed by atoms with Crippen molar-refractivity contribution in [3.8, 4) is 0 Å². The van der Waals surface area contributed by atoms with E-state index in [9.17, 15) is 22.3 Å². The number of hydrogen-bond donors (Lipinski definition) is 1. The molecular weight excluding hydrogens is 288 g/mol. The lowest BCUT2D eigenvalue weighted by Crippen LogP contribution is -2.49. The second-order valence-corrected chi connectivity index (χ2v) is 6.92. The summed E-state index contributed by atoms with van der Waals surface area (Å²) in [4.78, 5) is -0.550. The summed E-state index contributed by atoms with van der Waals surface area (Å²) in [6, 6.07) is 1.82. The number of hydrogen-bond acceptors (Lipinski definition) is 3. The number of benzene rings is 1. The quantitative estimate of drug-likeness (QED) is 0.925. The molecule has 112 valence electrons. The number of rotatable bonds is 3. The van der Waals surface area contributed by atoms with E-state index in [4.69, 9.17) is 0 Å². The highest BCUT2D eigenvalue weighted by atomic mass is 32.2. The largest absolute Gasteiger partial charge is 0.395 e. The summed E-state index contributed by atoms with van der Waals surface area (Å²) in [6.45, 7) is 1.77. The van der Waals surface area contributed by atoms with Gasteiger partial charge in [-0.05, 0) is 30.9 Å². The van der Waals surface area contributed by atoms with Gasteiger partial charge in [-0.25, -0.2) is 17.2 Å². The molecule has 2 rings (SSSR count). The van der Waals surface area contributed by atoms with Gasteiger partial charge in [0.2, 0.25) is 10.0 Å². The molecule has 1 heterocycles. The molecule has 7 heteroatoms.